The number of amides is 1. The van der Waals surface area contributed by atoms with E-state index in [1.54, 1.807) is 13.4 Å². The molecule has 8 nitrogen and oxygen atoms in total. The van der Waals surface area contributed by atoms with Gasteiger partial charge >= 0.3 is 0 Å². The predicted molar refractivity (Wildman–Crippen MR) is 128 cm³/mol. The number of hydrogen-bond acceptors (Lipinski definition) is 6. The molecule has 6 rings (SSSR count). The highest BCUT2D eigenvalue weighted by Gasteiger charge is 2.63. The summed E-state index contributed by atoms with van der Waals surface area (Å²) in [7, 11) is 1.59. The molecule has 0 spiro atoms. The van der Waals surface area contributed by atoms with Crippen molar-refractivity contribution in [1.29, 1.82) is 0 Å². The van der Waals surface area contributed by atoms with Crippen LogP contribution in [0.2, 0.25) is 0 Å². The van der Waals surface area contributed by atoms with Crippen LogP contribution in [-0.2, 0) is 16.1 Å². The number of carbonyl (C=O) groups is 1. The van der Waals surface area contributed by atoms with Gasteiger partial charge in [0.2, 0.25) is 5.91 Å². The number of nitrogens with one attached hydrogen (secondary N) is 1. The zero-order valence-electron chi connectivity index (χ0n) is 19.1. The van der Waals surface area contributed by atoms with Crippen molar-refractivity contribution < 1.29 is 14.3 Å². The standard InChI is InChI=1S/C26H25N5O3/c1-3-31-12-19(23(30-31)16-7-5-4-6-8-16)24-18-9-21(22(33-2)10-20(18)27-15-28-24)29-25(32)26-11-17(26)13-34-14-26/h4-10,12,15,17H,3,11,13-14H2,1-2H3,(H,29,32)/t17-,26-/m0/s1. The minimum Gasteiger partial charge on any atom is -0.494 e. The van der Waals surface area contributed by atoms with Gasteiger partial charge < -0.3 is 14.8 Å². The fourth-order valence-electron chi connectivity index (χ4n) is 4.88. The lowest BCUT2D eigenvalue weighted by Crippen LogP contribution is -2.27. The number of methoxy groups -OCH3 is 1. The lowest BCUT2D eigenvalue weighted by Gasteiger charge is -2.16. The molecular weight excluding hydrogens is 430 g/mol. The van der Waals surface area contributed by atoms with E-state index in [0.717, 1.165) is 46.4 Å². The largest absolute Gasteiger partial charge is 0.494 e. The maximum absolute atomic E-state index is 13.1. The van der Waals surface area contributed by atoms with Gasteiger partial charge in [0.05, 0.1) is 42.6 Å². The summed E-state index contributed by atoms with van der Waals surface area (Å²) < 4.78 is 13.0. The zero-order chi connectivity index (χ0) is 23.3. The molecule has 1 amide bonds. The normalized spacial score (nSPS) is 20.8. The number of rotatable bonds is 6. The van der Waals surface area contributed by atoms with E-state index in [0.29, 0.717) is 30.6 Å². The summed E-state index contributed by atoms with van der Waals surface area (Å²) in [5.74, 6) is 0.853. The van der Waals surface area contributed by atoms with Crippen molar-refractivity contribution in [2.45, 2.75) is 19.9 Å². The number of benzene rings is 2. The van der Waals surface area contributed by atoms with E-state index in [9.17, 15) is 4.79 Å². The number of ether oxygens (including phenoxy) is 2. The molecule has 2 aromatic carbocycles. The summed E-state index contributed by atoms with van der Waals surface area (Å²) in [6, 6.07) is 13.8. The van der Waals surface area contributed by atoms with E-state index in [1.165, 1.54) is 0 Å². The fraction of sp³-hybridized carbons (Fsp3) is 0.308. The van der Waals surface area contributed by atoms with Gasteiger partial charge in [0.15, 0.2) is 0 Å². The van der Waals surface area contributed by atoms with Crippen molar-refractivity contribution in [3.8, 4) is 28.3 Å². The van der Waals surface area contributed by atoms with Gasteiger partial charge in [0.1, 0.15) is 17.8 Å². The highest BCUT2D eigenvalue weighted by molar-refractivity contribution is 6.04. The van der Waals surface area contributed by atoms with Crippen LogP contribution in [-0.4, -0.2) is 46.0 Å². The second kappa shape index (κ2) is 7.92. The minimum absolute atomic E-state index is 0.0187. The molecule has 0 radical (unpaired) electrons. The molecule has 1 aliphatic carbocycles. The van der Waals surface area contributed by atoms with Gasteiger partial charge in [0.25, 0.3) is 0 Å². The molecule has 34 heavy (non-hydrogen) atoms. The number of hydrogen-bond donors (Lipinski definition) is 1. The monoisotopic (exact) mass is 455 g/mol. The second-order valence-corrected chi connectivity index (χ2v) is 8.93. The van der Waals surface area contributed by atoms with Crippen LogP contribution < -0.4 is 10.1 Å². The Bertz CT molecular complexity index is 1400. The number of anilines is 1. The van der Waals surface area contributed by atoms with Crippen molar-refractivity contribution in [2.75, 3.05) is 25.6 Å². The molecule has 1 saturated heterocycles. The Balaban J connectivity index is 1.47. The van der Waals surface area contributed by atoms with E-state index in [-0.39, 0.29) is 5.91 Å². The number of aromatic nitrogens is 4. The van der Waals surface area contributed by atoms with Crippen LogP contribution in [0.5, 0.6) is 5.75 Å². The van der Waals surface area contributed by atoms with Crippen LogP contribution in [0.4, 0.5) is 5.69 Å². The molecule has 2 aliphatic rings. The van der Waals surface area contributed by atoms with Crippen molar-refractivity contribution in [1.82, 2.24) is 19.7 Å². The van der Waals surface area contributed by atoms with Crippen LogP contribution in [0, 0.1) is 11.3 Å². The number of aryl methyl sites for hydroxylation is 1. The smallest absolute Gasteiger partial charge is 0.233 e. The Hall–Kier alpha value is -3.78. The fourth-order valence-corrected chi connectivity index (χ4v) is 4.88. The third-order valence-electron chi connectivity index (χ3n) is 6.96. The SMILES string of the molecule is CCn1cc(-c2ncnc3cc(OC)c(NC(=O)[C@@]45COC[C@@H]4C5)cc23)c(-c2ccccc2)n1. The van der Waals surface area contributed by atoms with Crippen LogP contribution >= 0.6 is 0 Å². The van der Waals surface area contributed by atoms with E-state index in [4.69, 9.17) is 14.6 Å². The van der Waals surface area contributed by atoms with Gasteiger partial charge in [0, 0.05) is 41.2 Å². The van der Waals surface area contributed by atoms with Crippen LogP contribution in [0.15, 0.2) is 55.0 Å². The molecule has 8 heteroatoms. The first-order valence-electron chi connectivity index (χ1n) is 11.5. The maximum Gasteiger partial charge on any atom is 0.233 e. The van der Waals surface area contributed by atoms with Crippen molar-refractivity contribution in [2.24, 2.45) is 11.3 Å². The molecule has 172 valence electrons. The summed E-state index contributed by atoms with van der Waals surface area (Å²) in [5, 5.41) is 8.72. The number of nitrogens with zero attached hydrogens (tertiary/aromatic N) is 4. The van der Waals surface area contributed by atoms with Gasteiger partial charge in [-0.3, -0.25) is 9.48 Å². The first-order valence-corrected chi connectivity index (χ1v) is 11.5. The van der Waals surface area contributed by atoms with Crippen molar-refractivity contribution in [3.05, 3.63) is 55.0 Å². The average Bonchev–Trinajstić information content (AvgIpc) is 3.21. The van der Waals surface area contributed by atoms with E-state index in [1.807, 2.05) is 53.3 Å². The Labute approximate surface area is 196 Å². The molecular formula is C26H25N5O3. The maximum atomic E-state index is 13.1. The lowest BCUT2D eigenvalue weighted by molar-refractivity contribution is -0.121. The summed E-state index contributed by atoms with van der Waals surface area (Å²) in [6.45, 7) is 3.93. The first-order chi connectivity index (χ1) is 16.6. The van der Waals surface area contributed by atoms with Gasteiger partial charge in [-0.25, -0.2) is 9.97 Å². The molecule has 3 heterocycles. The molecule has 4 aromatic rings. The number of fused-ring (bicyclic) bond motifs is 2. The van der Waals surface area contributed by atoms with E-state index < -0.39 is 5.41 Å². The first kappa shape index (κ1) is 20.8. The van der Waals surface area contributed by atoms with Crippen LogP contribution in [0.25, 0.3) is 33.4 Å². The predicted octanol–water partition coefficient (Wildman–Crippen LogP) is 4.16. The quantitative estimate of drug-likeness (QED) is 0.469. The molecule has 0 unspecified atom stereocenters. The molecule has 2 atom stereocenters. The Kier molecular flexibility index (Phi) is 4.84. The molecule has 2 fully saturated rings. The zero-order valence-corrected chi connectivity index (χ0v) is 19.1. The third kappa shape index (κ3) is 3.25. The Morgan fingerprint density at radius 3 is 2.79 bits per heavy atom. The van der Waals surface area contributed by atoms with Gasteiger partial charge in [-0.1, -0.05) is 30.3 Å². The summed E-state index contributed by atoms with van der Waals surface area (Å²) >= 11 is 0. The molecule has 2 aromatic heterocycles. The number of carbonyl (C=O) groups excluding carboxylic acids is 1. The molecule has 1 aliphatic heterocycles. The van der Waals surface area contributed by atoms with E-state index in [2.05, 4.69) is 22.2 Å². The second-order valence-electron chi connectivity index (χ2n) is 8.93. The Morgan fingerprint density at radius 2 is 2.09 bits per heavy atom. The lowest BCUT2D eigenvalue weighted by atomic mass is 10.0. The highest BCUT2D eigenvalue weighted by atomic mass is 16.5. The summed E-state index contributed by atoms with van der Waals surface area (Å²) in [6.07, 6.45) is 4.44. The average molecular weight is 456 g/mol. The van der Waals surface area contributed by atoms with Gasteiger partial charge in [-0.15, -0.1) is 0 Å². The molecule has 1 N–H and O–H groups in total. The van der Waals surface area contributed by atoms with Crippen LogP contribution in [0.3, 0.4) is 0 Å². The van der Waals surface area contributed by atoms with Crippen molar-refractivity contribution >= 4 is 22.5 Å². The van der Waals surface area contributed by atoms with Crippen molar-refractivity contribution in [3.63, 3.8) is 0 Å². The van der Waals surface area contributed by atoms with Crippen LogP contribution in [0.1, 0.15) is 13.3 Å². The van der Waals surface area contributed by atoms with Gasteiger partial charge in [-0.05, 0) is 19.4 Å². The molecule has 1 saturated carbocycles. The van der Waals surface area contributed by atoms with Gasteiger partial charge in [-0.2, -0.15) is 5.10 Å². The minimum atomic E-state index is -0.404. The van der Waals surface area contributed by atoms with E-state index >= 15 is 0 Å². The molecule has 0 bridgehead atoms. The Morgan fingerprint density at radius 1 is 1.24 bits per heavy atom. The third-order valence-corrected chi connectivity index (χ3v) is 6.96. The topological polar surface area (TPSA) is 91.2 Å². The summed E-state index contributed by atoms with van der Waals surface area (Å²) in [4.78, 5) is 22.2. The summed E-state index contributed by atoms with van der Waals surface area (Å²) in [5.41, 5.74) is 4.46. The highest BCUT2D eigenvalue weighted by Crippen LogP contribution is 2.57.